The largest absolute Gasteiger partial charge is 0.385 e. The lowest BCUT2D eigenvalue weighted by molar-refractivity contribution is 0.190. The molecule has 0 aliphatic heterocycles. The number of imidazole rings is 1. The van der Waals surface area contributed by atoms with Crippen molar-refractivity contribution in [1.82, 2.24) is 14.9 Å². The molecule has 2 aromatic rings. The van der Waals surface area contributed by atoms with Crippen molar-refractivity contribution in [3.05, 3.63) is 30.1 Å². The van der Waals surface area contributed by atoms with E-state index < -0.39 is 0 Å². The van der Waals surface area contributed by atoms with Crippen LogP contribution in [0.25, 0.3) is 11.0 Å². The predicted octanol–water partition coefficient (Wildman–Crippen LogP) is 1.79. The van der Waals surface area contributed by atoms with Crippen LogP contribution in [0.15, 0.2) is 24.3 Å². The molecule has 4 heteroatoms. The fourth-order valence-corrected chi connectivity index (χ4v) is 2.03. The topological polar surface area (TPSA) is 39.1 Å². The summed E-state index contributed by atoms with van der Waals surface area (Å²) in [6.07, 6.45) is 1.01. The maximum atomic E-state index is 5.10. The molecule has 92 valence electrons. The second kappa shape index (κ2) is 5.80. The molecular formula is C13H19N3O. The minimum absolute atomic E-state index is 0.783. The lowest BCUT2D eigenvalue weighted by Crippen LogP contribution is -2.13. The highest BCUT2D eigenvalue weighted by Crippen LogP contribution is 2.16. The summed E-state index contributed by atoms with van der Waals surface area (Å²) < 4.78 is 7.37. The van der Waals surface area contributed by atoms with Gasteiger partial charge in [0.2, 0.25) is 0 Å². The van der Waals surface area contributed by atoms with E-state index in [-0.39, 0.29) is 0 Å². The number of aromatic nitrogens is 2. The number of benzene rings is 1. The van der Waals surface area contributed by atoms with Gasteiger partial charge >= 0.3 is 0 Å². The van der Waals surface area contributed by atoms with Crippen LogP contribution in [0.1, 0.15) is 12.2 Å². The van der Waals surface area contributed by atoms with E-state index in [9.17, 15) is 0 Å². The van der Waals surface area contributed by atoms with Crippen LogP contribution in [0, 0.1) is 0 Å². The molecule has 1 N–H and O–H groups in total. The van der Waals surface area contributed by atoms with Gasteiger partial charge in [-0.25, -0.2) is 4.98 Å². The molecule has 4 nitrogen and oxygen atoms in total. The summed E-state index contributed by atoms with van der Waals surface area (Å²) in [7, 11) is 3.68. The molecule has 1 aromatic carbocycles. The van der Waals surface area contributed by atoms with Crippen molar-refractivity contribution < 1.29 is 4.74 Å². The molecule has 0 aliphatic rings. The Hall–Kier alpha value is -1.39. The van der Waals surface area contributed by atoms with Crippen LogP contribution >= 0.6 is 0 Å². The number of hydrogen-bond donors (Lipinski definition) is 1. The van der Waals surface area contributed by atoms with Gasteiger partial charge in [0.05, 0.1) is 17.6 Å². The summed E-state index contributed by atoms with van der Waals surface area (Å²) in [5, 5.41) is 3.16. The van der Waals surface area contributed by atoms with Crippen molar-refractivity contribution in [2.24, 2.45) is 0 Å². The molecular weight excluding hydrogens is 214 g/mol. The first kappa shape index (κ1) is 12.1. The van der Waals surface area contributed by atoms with Crippen LogP contribution in [0.4, 0.5) is 0 Å². The molecule has 2 rings (SSSR count). The van der Waals surface area contributed by atoms with Gasteiger partial charge in [-0.3, -0.25) is 0 Å². The molecule has 1 aromatic heterocycles. The Labute approximate surface area is 102 Å². The number of hydrogen-bond acceptors (Lipinski definition) is 3. The fraction of sp³-hybridized carbons (Fsp3) is 0.462. The van der Waals surface area contributed by atoms with Crippen molar-refractivity contribution in [3.63, 3.8) is 0 Å². The Morgan fingerprint density at radius 2 is 2.18 bits per heavy atom. The van der Waals surface area contributed by atoms with Crippen molar-refractivity contribution in [1.29, 1.82) is 0 Å². The first-order valence-corrected chi connectivity index (χ1v) is 5.94. The van der Waals surface area contributed by atoms with Crippen LogP contribution in [0.3, 0.4) is 0 Å². The van der Waals surface area contributed by atoms with Gasteiger partial charge in [-0.15, -0.1) is 0 Å². The fourth-order valence-electron chi connectivity index (χ4n) is 2.03. The summed E-state index contributed by atoms with van der Waals surface area (Å²) >= 11 is 0. The molecule has 0 aliphatic carbocycles. The summed E-state index contributed by atoms with van der Waals surface area (Å²) in [5.41, 5.74) is 2.27. The molecule has 0 atom stereocenters. The van der Waals surface area contributed by atoms with Gasteiger partial charge in [-0.1, -0.05) is 12.1 Å². The van der Waals surface area contributed by atoms with Gasteiger partial charge < -0.3 is 14.6 Å². The highest BCUT2D eigenvalue weighted by Gasteiger charge is 2.08. The first-order chi connectivity index (χ1) is 8.36. The maximum absolute atomic E-state index is 5.10. The second-order valence-electron chi connectivity index (χ2n) is 4.05. The van der Waals surface area contributed by atoms with E-state index in [4.69, 9.17) is 4.74 Å². The third-order valence-corrected chi connectivity index (χ3v) is 2.80. The van der Waals surface area contributed by atoms with Gasteiger partial charge in [0.15, 0.2) is 0 Å². The lowest BCUT2D eigenvalue weighted by atomic mass is 10.3. The number of para-hydroxylation sites is 2. The Morgan fingerprint density at radius 1 is 1.35 bits per heavy atom. The van der Waals surface area contributed by atoms with E-state index in [1.807, 2.05) is 13.1 Å². The van der Waals surface area contributed by atoms with E-state index in [1.165, 1.54) is 5.52 Å². The molecule has 17 heavy (non-hydrogen) atoms. The molecule has 0 fully saturated rings. The molecule has 0 saturated heterocycles. The van der Waals surface area contributed by atoms with E-state index in [2.05, 4.69) is 33.1 Å². The van der Waals surface area contributed by atoms with Crippen molar-refractivity contribution in [2.45, 2.75) is 19.5 Å². The molecule has 0 unspecified atom stereocenters. The van der Waals surface area contributed by atoms with Crippen LogP contribution in [0.5, 0.6) is 0 Å². The Morgan fingerprint density at radius 3 is 2.94 bits per heavy atom. The summed E-state index contributed by atoms with van der Waals surface area (Å²) in [5.74, 6) is 1.09. The van der Waals surface area contributed by atoms with Gasteiger partial charge in [0, 0.05) is 20.3 Å². The Balaban J connectivity index is 2.30. The molecule has 0 spiro atoms. The monoisotopic (exact) mass is 233 g/mol. The second-order valence-corrected chi connectivity index (χ2v) is 4.05. The summed E-state index contributed by atoms with van der Waals surface area (Å²) in [4.78, 5) is 4.64. The summed E-state index contributed by atoms with van der Waals surface area (Å²) in [6, 6.07) is 8.26. The predicted molar refractivity (Wildman–Crippen MR) is 69.0 cm³/mol. The van der Waals surface area contributed by atoms with E-state index in [1.54, 1.807) is 7.11 Å². The van der Waals surface area contributed by atoms with Crippen LogP contribution in [-0.4, -0.2) is 30.3 Å². The molecule has 0 saturated carbocycles. The van der Waals surface area contributed by atoms with E-state index in [0.29, 0.717) is 0 Å². The number of nitrogens with zero attached hydrogens (tertiary/aromatic N) is 2. The maximum Gasteiger partial charge on any atom is 0.123 e. The standard InChI is InChI=1S/C13H19N3O/c1-14-10-13-15-11-6-3-4-7-12(11)16(13)8-5-9-17-2/h3-4,6-7,14H,5,8-10H2,1-2H3. The number of methoxy groups -OCH3 is 1. The van der Waals surface area contributed by atoms with Gasteiger partial charge in [0.1, 0.15) is 5.82 Å². The number of fused-ring (bicyclic) bond motifs is 1. The van der Waals surface area contributed by atoms with Gasteiger partial charge in [-0.2, -0.15) is 0 Å². The average molecular weight is 233 g/mol. The average Bonchev–Trinajstić information content (AvgIpc) is 2.69. The van der Waals surface area contributed by atoms with Crippen LogP contribution in [0.2, 0.25) is 0 Å². The molecule has 0 radical (unpaired) electrons. The summed E-state index contributed by atoms with van der Waals surface area (Å²) in [6.45, 7) is 2.53. The third kappa shape index (κ3) is 2.65. The Bertz CT molecular complexity index is 478. The zero-order valence-corrected chi connectivity index (χ0v) is 10.4. The van der Waals surface area contributed by atoms with Crippen LogP contribution in [-0.2, 0) is 17.8 Å². The number of ether oxygens (including phenoxy) is 1. The highest BCUT2D eigenvalue weighted by molar-refractivity contribution is 5.75. The SMILES string of the molecule is CNCc1nc2ccccc2n1CCCOC. The van der Waals surface area contributed by atoms with Crippen LogP contribution < -0.4 is 5.32 Å². The minimum atomic E-state index is 0.783. The van der Waals surface area contributed by atoms with Crippen molar-refractivity contribution >= 4 is 11.0 Å². The lowest BCUT2D eigenvalue weighted by Gasteiger charge is -2.08. The smallest absolute Gasteiger partial charge is 0.123 e. The Kier molecular flexibility index (Phi) is 4.12. The zero-order valence-electron chi connectivity index (χ0n) is 10.4. The number of aryl methyl sites for hydroxylation is 1. The van der Waals surface area contributed by atoms with E-state index in [0.717, 1.165) is 37.5 Å². The third-order valence-electron chi connectivity index (χ3n) is 2.80. The zero-order chi connectivity index (χ0) is 12.1. The van der Waals surface area contributed by atoms with E-state index >= 15 is 0 Å². The molecule has 0 bridgehead atoms. The highest BCUT2D eigenvalue weighted by atomic mass is 16.5. The first-order valence-electron chi connectivity index (χ1n) is 5.94. The van der Waals surface area contributed by atoms with Gasteiger partial charge in [-0.05, 0) is 25.6 Å². The number of nitrogens with one attached hydrogen (secondary N) is 1. The quantitative estimate of drug-likeness (QED) is 0.773. The molecule has 0 amide bonds. The van der Waals surface area contributed by atoms with Crippen molar-refractivity contribution in [3.8, 4) is 0 Å². The normalized spacial score (nSPS) is 11.2. The molecule has 1 heterocycles. The number of rotatable bonds is 6. The minimum Gasteiger partial charge on any atom is -0.385 e. The van der Waals surface area contributed by atoms with Crippen molar-refractivity contribution in [2.75, 3.05) is 20.8 Å². The van der Waals surface area contributed by atoms with Gasteiger partial charge in [0.25, 0.3) is 0 Å².